The molecule has 0 aromatic heterocycles. The Balaban J connectivity index is 2.21. The SMILES string of the molecule is CCCCCCCCO[C@H]1O[C@H](CO)[C@@H](O)[C@@H](S)[C@H]1O. The first-order valence-electron chi connectivity index (χ1n) is 7.54. The number of thiol groups is 1. The second kappa shape index (κ2) is 9.97. The van der Waals surface area contributed by atoms with E-state index in [1.807, 2.05) is 0 Å². The molecular weight excluding hydrogens is 280 g/mol. The van der Waals surface area contributed by atoms with Gasteiger partial charge in [-0.05, 0) is 6.42 Å². The van der Waals surface area contributed by atoms with Crippen LogP contribution in [0.1, 0.15) is 45.4 Å². The number of rotatable bonds is 9. The van der Waals surface area contributed by atoms with Gasteiger partial charge in [-0.3, -0.25) is 0 Å². The standard InChI is InChI=1S/C14H28O5S/c1-2-3-4-5-6-7-8-18-14-12(17)13(20)11(16)10(9-15)19-14/h10-17,20H,2-9H2,1H3/t10-,11-,12-,13-,14+/m1/s1. The van der Waals surface area contributed by atoms with E-state index in [-0.39, 0.29) is 6.61 Å². The lowest BCUT2D eigenvalue weighted by Gasteiger charge is -2.40. The largest absolute Gasteiger partial charge is 0.394 e. The van der Waals surface area contributed by atoms with E-state index in [2.05, 4.69) is 19.6 Å². The maximum atomic E-state index is 9.93. The molecule has 1 saturated heterocycles. The second-order valence-corrected chi connectivity index (χ2v) is 5.93. The van der Waals surface area contributed by atoms with Gasteiger partial charge in [-0.15, -0.1) is 0 Å². The fraction of sp³-hybridized carbons (Fsp3) is 1.00. The van der Waals surface area contributed by atoms with Gasteiger partial charge in [0, 0.05) is 6.61 Å². The number of hydrogen-bond acceptors (Lipinski definition) is 6. The molecule has 5 atom stereocenters. The van der Waals surface area contributed by atoms with Crippen LogP contribution in [0.4, 0.5) is 0 Å². The van der Waals surface area contributed by atoms with Gasteiger partial charge in [0.1, 0.15) is 12.2 Å². The van der Waals surface area contributed by atoms with Crippen molar-refractivity contribution in [3.05, 3.63) is 0 Å². The first-order valence-corrected chi connectivity index (χ1v) is 8.05. The summed E-state index contributed by atoms with van der Waals surface area (Å²) in [5, 5.41) is 28.1. The van der Waals surface area contributed by atoms with Crippen molar-refractivity contribution in [2.24, 2.45) is 0 Å². The zero-order valence-electron chi connectivity index (χ0n) is 12.1. The summed E-state index contributed by atoms with van der Waals surface area (Å²) in [5.74, 6) is 0. The molecule has 3 N–H and O–H groups in total. The molecule has 0 bridgehead atoms. The Labute approximate surface area is 126 Å². The number of aliphatic hydroxyl groups is 3. The van der Waals surface area contributed by atoms with Gasteiger partial charge in [-0.2, -0.15) is 12.6 Å². The summed E-state index contributed by atoms with van der Waals surface area (Å²) in [6, 6.07) is 0. The fourth-order valence-corrected chi connectivity index (χ4v) is 2.62. The van der Waals surface area contributed by atoms with E-state index in [0.717, 1.165) is 12.8 Å². The molecule has 6 heteroatoms. The minimum absolute atomic E-state index is 0.318. The lowest BCUT2D eigenvalue weighted by Crippen LogP contribution is -2.57. The van der Waals surface area contributed by atoms with Gasteiger partial charge >= 0.3 is 0 Å². The van der Waals surface area contributed by atoms with Gasteiger partial charge in [-0.25, -0.2) is 0 Å². The van der Waals surface area contributed by atoms with Crippen LogP contribution in [0.2, 0.25) is 0 Å². The lowest BCUT2D eigenvalue weighted by molar-refractivity contribution is -0.267. The van der Waals surface area contributed by atoms with Gasteiger partial charge in [0.05, 0.1) is 18.0 Å². The Kier molecular flexibility index (Phi) is 9.08. The highest BCUT2D eigenvalue weighted by atomic mass is 32.1. The van der Waals surface area contributed by atoms with Gasteiger partial charge in [-0.1, -0.05) is 39.0 Å². The van der Waals surface area contributed by atoms with Crippen molar-refractivity contribution < 1.29 is 24.8 Å². The second-order valence-electron chi connectivity index (χ2n) is 5.34. The Morgan fingerprint density at radius 1 is 1.05 bits per heavy atom. The number of aliphatic hydroxyl groups excluding tert-OH is 3. The summed E-state index contributed by atoms with van der Waals surface area (Å²) in [5.41, 5.74) is 0. The van der Waals surface area contributed by atoms with E-state index < -0.39 is 29.9 Å². The monoisotopic (exact) mass is 308 g/mol. The first kappa shape index (κ1) is 18.2. The molecule has 0 saturated carbocycles. The van der Waals surface area contributed by atoms with Crippen LogP contribution in [0.3, 0.4) is 0 Å². The molecule has 20 heavy (non-hydrogen) atoms. The van der Waals surface area contributed by atoms with Crippen molar-refractivity contribution in [1.29, 1.82) is 0 Å². The van der Waals surface area contributed by atoms with Crippen LogP contribution in [-0.4, -0.2) is 58.4 Å². The topological polar surface area (TPSA) is 79.2 Å². The van der Waals surface area contributed by atoms with Crippen LogP contribution in [0.25, 0.3) is 0 Å². The highest BCUT2D eigenvalue weighted by Crippen LogP contribution is 2.25. The summed E-state index contributed by atoms with van der Waals surface area (Å²) in [4.78, 5) is 0. The predicted molar refractivity (Wildman–Crippen MR) is 79.9 cm³/mol. The van der Waals surface area contributed by atoms with Crippen LogP contribution < -0.4 is 0 Å². The fourth-order valence-electron chi connectivity index (χ4n) is 2.29. The van der Waals surface area contributed by atoms with Crippen molar-refractivity contribution in [2.45, 2.75) is 75.3 Å². The van der Waals surface area contributed by atoms with E-state index in [1.54, 1.807) is 0 Å². The smallest absolute Gasteiger partial charge is 0.185 e. The minimum Gasteiger partial charge on any atom is -0.394 e. The summed E-state index contributed by atoms with van der Waals surface area (Å²) in [6.45, 7) is 2.37. The Morgan fingerprint density at radius 2 is 1.70 bits per heavy atom. The molecule has 1 aliphatic rings. The molecule has 1 heterocycles. The third kappa shape index (κ3) is 5.50. The molecular formula is C14H28O5S. The van der Waals surface area contributed by atoms with Crippen molar-refractivity contribution >= 4 is 12.6 Å². The zero-order chi connectivity index (χ0) is 15.0. The van der Waals surface area contributed by atoms with Crippen LogP contribution in [-0.2, 0) is 9.47 Å². The summed E-state index contributed by atoms with van der Waals surface area (Å²) in [7, 11) is 0. The van der Waals surface area contributed by atoms with Crippen LogP contribution in [0, 0.1) is 0 Å². The molecule has 0 aromatic rings. The molecule has 0 unspecified atom stereocenters. The number of hydrogen-bond donors (Lipinski definition) is 4. The zero-order valence-corrected chi connectivity index (χ0v) is 13.0. The average Bonchev–Trinajstić information content (AvgIpc) is 2.46. The average molecular weight is 308 g/mol. The van der Waals surface area contributed by atoms with Crippen LogP contribution in [0.5, 0.6) is 0 Å². The summed E-state index contributed by atoms with van der Waals surface area (Å²) >= 11 is 4.15. The third-order valence-corrected chi connectivity index (χ3v) is 4.24. The van der Waals surface area contributed by atoms with E-state index in [1.165, 1.54) is 25.7 Å². The quantitative estimate of drug-likeness (QED) is 0.379. The van der Waals surface area contributed by atoms with E-state index in [9.17, 15) is 10.2 Å². The normalized spacial score (nSPS) is 34.4. The highest BCUT2D eigenvalue weighted by molar-refractivity contribution is 7.81. The van der Waals surface area contributed by atoms with Crippen molar-refractivity contribution in [2.75, 3.05) is 13.2 Å². The Bertz CT molecular complexity index is 252. The molecule has 0 radical (unpaired) electrons. The highest BCUT2D eigenvalue weighted by Gasteiger charge is 2.42. The van der Waals surface area contributed by atoms with Gasteiger partial charge < -0.3 is 24.8 Å². The molecule has 120 valence electrons. The number of ether oxygens (including phenoxy) is 2. The van der Waals surface area contributed by atoms with E-state index in [0.29, 0.717) is 6.61 Å². The maximum absolute atomic E-state index is 9.93. The third-order valence-electron chi connectivity index (χ3n) is 3.63. The van der Waals surface area contributed by atoms with Crippen LogP contribution in [0.15, 0.2) is 0 Å². The lowest BCUT2D eigenvalue weighted by atomic mass is 10.0. The number of unbranched alkanes of at least 4 members (excludes halogenated alkanes) is 5. The molecule has 1 aliphatic heterocycles. The summed E-state index contributed by atoms with van der Waals surface area (Å²) < 4.78 is 10.9. The van der Waals surface area contributed by atoms with Crippen molar-refractivity contribution in [3.63, 3.8) is 0 Å². The first-order chi connectivity index (χ1) is 9.61. The molecule has 5 nitrogen and oxygen atoms in total. The predicted octanol–water partition coefficient (Wildman–Crippen LogP) is 1.10. The molecule has 0 aromatic carbocycles. The van der Waals surface area contributed by atoms with Gasteiger partial charge in [0.25, 0.3) is 0 Å². The Morgan fingerprint density at radius 3 is 2.35 bits per heavy atom. The molecule has 1 rings (SSSR count). The minimum atomic E-state index is -0.993. The molecule has 1 fully saturated rings. The Hall–Kier alpha value is 0.150. The van der Waals surface area contributed by atoms with Gasteiger partial charge in [0.2, 0.25) is 0 Å². The molecule has 0 amide bonds. The van der Waals surface area contributed by atoms with Crippen molar-refractivity contribution in [3.8, 4) is 0 Å². The van der Waals surface area contributed by atoms with Gasteiger partial charge in [0.15, 0.2) is 6.29 Å². The molecule has 0 aliphatic carbocycles. The van der Waals surface area contributed by atoms with Crippen molar-refractivity contribution in [1.82, 2.24) is 0 Å². The van der Waals surface area contributed by atoms with E-state index >= 15 is 0 Å². The summed E-state index contributed by atoms with van der Waals surface area (Å²) in [6.07, 6.45) is 3.39. The molecule has 0 spiro atoms. The maximum Gasteiger partial charge on any atom is 0.185 e. The van der Waals surface area contributed by atoms with Crippen LogP contribution >= 0.6 is 12.6 Å². The van der Waals surface area contributed by atoms with E-state index in [4.69, 9.17) is 14.6 Å².